The second-order valence-electron chi connectivity index (χ2n) is 5.01. The van der Waals surface area contributed by atoms with Gasteiger partial charge in [0, 0.05) is 12.8 Å². The third kappa shape index (κ3) is 5.77. The van der Waals surface area contributed by atoms with Crippen molar-refractivity contribution in [2.24, 2.45) is 0 Å². The summed E-state index contributed by atoms with van der Waals surface area (Å²) in [5.41, 5.74) is 5.19. The van der Waals surface area contributed by atoms with E-state index in [2.05, 4.69) is 16.2 Å². The highest BCUT2D eigenvalue weighted by Gasteiger charge is 2.12. The van der Waals surface area contributed by atoms with Gasteiger partial charge in [-0.25, -0.2) is 0 Å². The lowest BCUT2D eigenvalue weighted by Gasteiger charge is -2.09. The van der Waals surface area contributed by atoms with Crippen LogP contribution in [0.15, 0.2) is 48.5 Å². The van der Waals surface area contributed by atoms with Crippen LogP contribution in [0, 0.1) is 0 Å². The van der Waals surface area contributed by atoms with Gasteiger partial charge in [0.15, 0.2) is 0 Å². The van der Waals surface area contributed by atoms with E-state index >= 15 is 0 Å². The molecule has 0 bridgehead atoms. The van der Waals surface area contributed by atoms with Crippen LogP contribution >= 0.6 is 23.2 Å². The van der Waals surface area contributed by atoms with Crippen molar-refractivity contribution in [3.05, 3.63) is 64.1 Å². The Bertz CT molecular complexity index is 796. The average Bonchev–Trinajstić information content (AvgIpc) is 2.60. The average molecular weight is 380 g/mol. The zero-order valence-electron chi connectivity index (χ0n) is 13.0. The van der Waals surface area contributed by atoms with Crippen LogP contribution in [0.25, 0.3) is 0 Å². The minimum atomic E-state index is -0.542. The first-order chi connectivity index (χ1) is 12.0. The molecule has 0 aliphatic heterocycles. The molecule has 0 aliphatic carbocycles. The monoisotopic (exact) mass is 379 g/mol. The number of amides is 3. The fraction of sp³-hybridized carbons (Fsp3) is 0.118. The molecule has 0 unspecified atom stereocenters. The van der Waals surface area contributed by atoms with E-state index in [1.807, 2.05) is 0 Å². The molecule has 0 atom stereocenters. The number of hydrogen-bond donors (Lipinski definition) is 3. The van der Waals surface area contributed by atoms with E-state index in [4.69, 9.17) is 23.2 Å². The van der Waals surface area contributed by atoms with Crippen molar-refractivity contribution in [2.75, 3.05) is 5.32 Å². The van der Waals surface area contributed by atoms with Crippen LogP contribution in [-0.2, 0) is 9.59 Å². The van der Waals surface area contributed by atoms with E-state index in [1.165, 1.54) is 6.07 Å². The van der Waals surface area contributed by atoms with Crippen molar-refractivity contribution >= 4 is 46.6 Å². The van der Waals surface area contributed by atoms with E-state index in [1.54, 1.807) is 42.5 Å². The third-order valence-corrected chi connectivity index (χ3v) is 3.82. The Hall–Kier alpha value is -2.57. The number of benzene rings is 2. The maximum Gasteiger partial charge on any atom is 0.271 e. The highest BCUT2D eigenvalue weighted by molar-refractivity contribution is 6.34. The Kier molecular flexibility index (Phi) is 6.80. The van der Waals surface area contributed by atoms with E-state index in [0.29, 0.717) is 10.7 Å². The van der Waals surface area contributed by atoms with Crippen LogP contribution in [0.1, 0.15) is 23.2 Å². The van der Waals surface area contributed by atoms with E-state index < -0.39 is 11.8 Å². The molecular weight excluding hydrogens is 365 g/mol. The Balaban J connectivity index is 1.75. The topological polar surface area (TPSA) is 87.3 Å². The highest BCUT2D eigenvalue weighted by Crippen LogP contribution is 2.20. The van der Waals surface area contributed by atoms with Crippen molar-refractivity contribution in [1.29, 1.82) is 0 Å². The molecule has 0 aromatic heterocycles. The molecule has 3 N–H and O–H groups in total. The molecule has 0 heterocycles. The normalized spacial score (nSPS) is 10.0. The van der Waals surface area contributed by atoms with Gasteiger partial charge in [0.05, 0.1) is 21.3 Å². The summed E-state index contributed by atoms with van der Waals surface area (Å²) in [4.78, 5) is 35.4. The first kappa shape index (κ1) is 18.8. The standard InChI is InChI=1S/C17H15Cl2N3O3/c18-12-6-2-1-5-11(12)17(25)22-21-16(24)10-9-15(23)20-14-8-4-3-7-13(14)19/h1-8H,9-10H2,(H,20,23)(H,21,24)(H,22,25). The molecule has 0 radical (unpaired) electrons. The Morgan fingerprint density at radius 1 is 0.760 bits per heavy atom. The van der Waals surface area contributed by atoms with Crippen molar-refractivity contribution < 1.29 is 14.4 Å². The maximum atomic E-state index is 11.9. The lowest BCUT2D eigenvalue weighted by atomic mass is 10.2. The lowest BCUT2D eigenvalue weighted by Crippen LogP contribution is -2.41. The van der Waals surface area contributed by atoms with Gasteiger partial charge in [-0.3, -0.25) is 25.2 Å². The summed E-state index contributed by atoms with van der Waals surface area (Å²) in [5, 5.41) is 3.29. The SMILES string of the molecule is O=C(CCC(=O)Nc1ccccc1Cl)NNC(=O)c1ccccc1Cl. The summed E-state index contributed by atoms with van der Waals surface area (Å²) in [6.45, 7) is 0. The minimum Gasteiger partial charge on any atom is -0.325 e. The van der Waals surface area contributed by atoms with Gasteiger partial charge < -0.3 is 5.32 Å². The second kappa shape index (κ2) is 9.05. The number of carbonyl (C=O) groups is 3. The Morgan fingerprint density at radius 3 is 2.04 bits per heavy atom. The summed E-state index contributed by atoms with van der Waals surface area (Å²) in [6.07, 6.45) is -0.155. The summed E-state index contributed by atoms with van der Waals surface area (Å²) in [5.74, 6) is -1.41. The molecule has 2 aromatic carbocycles. The quantitative estimate of drug-likeness (QED) is 0.697. The molecule has 0 fully saturated rings. The van der Waals surface area contributed by atoms with Crippen LogP contribution in [0.5, 0.6) is 0 Å². The zero-order valence-corrected chi connectivity index (χ0v) is 14.5. The molecular formula is C17H15Cl2N3O3. The zero-order chi connectivity index (χ0) is 18.2. The Labute approximate surface area is 154 Å². The maximum absolute atomic E-state index is 11.9. The van der Waals surface area contributed by atoms with Crippen LogP contribution in [0.4, 0.5) is 5.69 Å². The number of halogens is 2. The van der Waals surface area contributed by atoms with E-state index in [-0.39, 0.29) is 29.3 Å². The van der Waals surface area contributed by atoms with Crippen LogP contribution in [0.3, 0.4) is 0 Å². The molecule has 8 heteroatoms. The number of rotatable bonds is 5. The molecule has 2 rings (SSSR count). The summed E-state index contributed by atoms with van der Waals surface area (Å²) in [7, 11) is 0. The first-order valence-electron chi connectivity index (χ1n) is 7.35. The second-order valence-corrected chi connectivity index (χ2v) is 5.82. The number of para-hydroxylation sites is 1. The largest absolute Gasteiger partial charge is 0.325 e. The van der Waals surface area contributed by atoms with Crippen LogP contribution in [0.2, 0.25) is 10.0 Å². The fourth-order valence-corrected chi connectivity index (χ4v) is 2.31. The van der Waals surface area contributed by atoms with Crippen molar-refractivity contribution in [3.8, 4) is 0 Å². The Morgan fingerprint density at radius 2 is 1.36 bits per heavy atom. The van der Waals surface area contributed by atoms with Gasteiger partial charge in [-0.1, -0.05) is 47.5 Å². The molecule has 6 nitrogen and oxygen atoms in total. The van der Waals surface area contributed by atoms with E-state index in [0.717, 1.165) is 0 Å². The number of carbonyl (C=O) groups excluding carboxylic acids is 3. The molecule has 0 spiro atoms. The molecule has 0 aliphatic rings. The summed E-state index contributed by atoms with van der Waals surface area (Å²) >= 11 is 11.8. The third-order valence-electron chi connectivity index (χ3n) is 3.16. The highest BCUT2D eigenvalue weighted by atomic mass is 35.5. The molecule has 2 aromatic rings. The predicted octanol–water partition coefficient (Wildman–Crippen LogP) is 3.17. The number of anilines is 1. The van der Waals surface area contributed by atoms with Crippen molar-refractivity contribution in [1.82, 2.24) is 10.9 Å². The molecule has 0 saturated heterocycles. The van der Waals surface area contributed by atoms with Gasteiger partial charge in [0.25, 0.3) is 5.91 Å². The lowest BCUT2D eigenvalue weighted by molar-refractivity contribution is -0.124. The van der Waals surface area contributed by atoms with Gasteiger partial charge in [-0.2, -0.15) is 0 Å². The first-order valence-corrected chi connectivity index (χ1v) is 8.11. The molecule has 3 amide bonds. The summed E-state index contributed by atoms with van der Waals surface area (Å²) < 4.78 is 0. The van der Waals surface area contributed by atoms with Gasteiger partial charge in [0.2, 0.25) is 11.8 Å². The van der Waals surface area contributed by atoms with Crippen LogP contribution in [-0.4, -0.2) is 17.7 Å². The predicted molar refractivity (Wildman–Crippen MR) is 96.4 cm³/mol. The number of hydrogen-bond acceptors (Lipinski definition) is 3. The minimum absolute atomic E-state index is 0.0565. The van der Waals surface area contributed by atoms with Crippen LogP contribution < -0.4 is 16.2 Å². The van der Waals surface area contributed by atoms with Crippen molar-refractivity contribution in [2.45, 2.75) is 12.8 Å². The van der Waals surface area contributed by atoms with Crippen molar-refractivity contribution in [3.63, 3.8) is 0 Å². The smallest absolute Gasteiger partial charge is 0.271 e. The number of nitrogens with one attached hydrogen (secondary N) is 3. The van der Waals surface area contributed by atoms with Gasteiger partial charge in [-0.15, -0.1) is 0 Å². The number of hydrazine groups is 1. The van der Waals surface area contributed by atoms with Gasteiger partial charge in [0.1, 0.15) is 0 Å². The van der Waals surface area contributed by atoms with E-state index in [9.17, 15) is 14.4 Å². The fourth-order valence-electron chi connectivity index (χ4n) is 1.90. The molecule has 0 saturated carbocycles. The summed E-state index contributed by atoms with van der Waals surface area (Å²) in [6, 6.07) is 13.2. The molecule has 25 heavy (non-hydrogen) atoms. The molecule has 130 valence electrons. The van der Waals surface area contributed by atoms with Gasteiger partial charge in [-0.05, 0) is 24.3 Å². The van der Waals surface area contributed by atoms with Gasteiger partial charge >= 0.3 is 0 Å².